The molecule has 1 aromatic carbocycles. The highest BCUT2D eigenvalue weighted by Crippen LogP contribution is 2.14. The first-order valence-corrected chi connectivity index (χ1v) is 6.12. The maximum absolute atomic E-state index is 4.39. The predicted molar refractivity (Wildman–Crippen MR) is 74.8 cm³/mol. The van der Waals surface area contributed by atoms with E-state index in [4.69, 9.17) is 0 Å². The van der Waals surface area contributed by atoms with Gasteiger partial charge in [0.15, 0.2) is 0 Å². The Morgan fingerprint density at radius 2 is 2.06 bits per heavy atom. The molecule has 0 radical (unpaired) electrons. The van der Waals surface area contributed by atoms with Gasteiger partial charge in [0, 0.05) is 18.8 Å². The molecule has 0 saturated heterocycles. The van der Waals surface area contributed by atoms with Crippen LogP contribution >= 0.6 is 0 Å². The second kappa shape index (κ2) is 5.65. The Bertz CT molecular complexity index is 526. The number of nitrogens with one attached hydrogen (secondary N) is 1. The van der Waals surface area contributed by atoms with Gasteiger partial charge in [-0.05, 0) is 26.0 Å². The zero-order chi connectivity index (χ0) is 13.0. The number of para-hydroxylation sites is 1. The highest BCUT2D eigenvalue weighted by atomic mass is 15.1. The first-order valence-electron chi connectivity index (χ1n) is 6.12. The number of benzene rings is 1. The topological polar surface area (TPSA) is 29.9 Å². The number of aromatic nitrogens is 2. The van der Waals surface area contributed by atoms with Crippen molar-refractivity contribution in [3.05, 3.63) is 60.2 Å². The van der Waals surface area contributed by atoms with E-state index in [1.165, 1.54) is 5.69 Å². The van der Waals surface area contributed by atoms with Crippen LogP contribution in [-0.4, -0.2) is 16.1 Å². The zero-order valence-electron chi connectivity index (χ0n) is 11.0. The molecule has 0 atom stereocenters. The van der Waals surface area contributed by atoms with Gasteiger partial charge in [-0.1, -0.05) is 30.4 Å². The second-order valence-corrected chi connectivity index (χ2v) is 4.53. The SMILES string of the molecule is C=C(C)CNCc1cnc(C)n1-c1ccccc1. The zero-order valence-corrected chi connectivity index (χ0v) is 11.0. The third kappa shape index (κ3) is 2.87. The summed E-state index contributed by atoms with van der Waals surface area (Å²) in [6.07, 6.45) is 1.92. The van der Waals surface area contributed by atoms with E-state index in [1.807, 2.05) is 38.2 Å². The minimum Gasteiger partial charge on any atom is -0.307 e. The van der Waals surface area contributed by atoms with E-state index < -0.39 is 0 Å². The number of hydrogen-bond acceptors (Lipinski definition) is 2. The van der Waals surface area contributed by atoms with Crippen LogP contribution in [-0.2, 0) is 6.54 Å². The molecule has 1 aromatic heterocycles. The lowest BCUT2D eigenvalue weighted by Gasteiger charge is -2.11. The molecular formula is C15H19N3. The normalized spacial score (nSPS) is 10.6. The number of nitrogens with zero attached hydrogens (tertiary/aromatic N) is 2. The van der Waals surface area contributed by atoms with Gasteiger partial charge in [0.2, 0.25) is 0 Å². The lowest BCUT2D eigenvalue weighted by Crippen LogP contribution is -2.17. The first-order chi connectivity index (χ1) is 8.68. The number of hydrogen-bond donors (Lipinski definition) is 1. The van der Waals surface area contributed by atoms with Crippen molar-refractivity contribution >= 4 is 0 Å². The van der Waals surface area contributed by atoms with Crippen molar-refractivity contribution in [2.45, 2.75) is 20.4 Å². The van der Waals surface area contributed by atoms with Crippen molar-refractivity contribution in [3.63, 3.8) is 0 Å². The van der Waals surface area contributed by atoms with Crippen LogP contribution in [0.25, 0.3) is 5.69 Å². The molecule has 2 rings (SSSR count). The summed E-state index contributed by atoms with van der Waals surface area (Å²) in [5.74, 6) is 1.01. The van der Waals surface area contributed by atoms with Gasteiger partial charge in [0.1, 0.15) is 5.82 Å². The summed E-state index contributed by atoms with van der Waals surface area (Å²) in [5, 5.41) is 3.36. The van der Waals surface area contributed by atoms with E-state index in [9.17, 15) is 0 Å². The Morgan fingerprint density at radius 1 is 1.33 bits per heavy atom. The number of aryl methyl sites for hydroxylation is 1. The van der Waals surface area contributed by atoms with Gasteiger partial charge in [0.25, 0.3) is 0 Å². The van der Waals surface area contributed by atoms with Crippen LogP contribution < -0.4 is 5.32 Å². The minimum atomic E-state index is 0.794. The van der Waals surface area contributed by atoms with Crippen LogP contribution in [0.15, 0.2) is 48.7 Å². The highest BCUT2D eigenvalue weighted by molar-refractivity contribution is 5.35. The van der Waals surface area contributed by atoms with Gasteiger partial charge >= 0.3 is 0 Å². The molecule has 18 heavy (non-hydrogen) atoms. The van der Waals surface area contributed by atoms with E-state index >= 15 is 0 Å². The summed E-state index contributed by atoms with van der Waals surface area (Å²) >= 11 is 0. The van der Waals surface area contributed by atoms with Crippen LogP contribution in [0.5, 0.6) is 0 Å². The minimum absolute atomic E-state index is 0.794. The second-order valence-electron chi connectivity index (χ2n) is 4.53. The molecule has 0 spiro atoms. The average Bonchev–Trinajstić information content (AvgIpc) is 2.71. The maximum atomic E-state index is 4.39. The molecule has 0 aliphatic heterocycles. The van der Waals surface area contributed by atoms with Crippen molar-refractivity contribution < 1.29 is 0 Å². The largest absolute Gasteiger partial charge is 0.307 e. The van der Waals surface area contributed by atoms with E-state index in [1.54, 1.807) is 0 Å². The third-order valence-electron chi connectivity index (χ3n) is 2.76. The molecule has 94 valence electrons. The van der Waals surface area contributed by atoms with Gasteiger partial charge in [0.05, 0.1) is 11.9 Å². The lowest BCUT2D eigenvalue weighted by molar-refractivity contribution is 0.706. The van der Waals surface area contributed by atoms with E-state index in [2.05, 4.69) is 33.6 Å². The van der Waals surface area contributed by atoms with Gasteiger partial charge in [-0.15, -0.1) is 0 Å². The van der Waals surface area contributed by atoms with Crippen molar-refractivity contribution in [1.29, 1.82) is 0 Å². The van der Waals surface area contributed by atoms with Crippen molar-refractivity contribution in [2.24, 2.45) is 0 Å². The fourth-order valence-electron chi connectivity index (χ4n) is 1.95. The first kappa shape index (κ1) is 12.6. The summed E-state index contributed by atoms with van der Waals surface area (Å²) in [5.41, 5.74) is 3.46. The van der Waals surface area contributed by atoms with Crippen LogP contribution in [0.4, 0.5) is 0 Å². The van der Waals surface area contributed by atoms with Crippen LogP contribution in [0, 0.1) is 6.92 Å². The van der Waals surface area contributed by atoms with Crippen LogP contribution in [0.3, 0.4) is 0 Å². The summed E-state index contributed by atoms with van der Waals surface area (Å²) in [7, 11) is 0. The van der Waals surface area contributed by atoms with Gasteiger partial charge in [-0.3, -0.25) is 4.57 Å². The molecule has 0 bridgehead atoms. The number of rotatable bonds is 5. The molecule has 0 unspecified atom stereocenters. The standard InChI is InChI=1S/C15H19N3/c1-12(2)9-16-10-15-11-17-13(3)18(15)14-7-5-4-6-8-14/h4-8,11,16H,1,9-10H2,2-3H3. The van der Waals surface area contributed by atoms with Crippen molar-refractivity contribution in [2.75, 3.05) is 6.54 Å². The Balaban J connectivity index is 2.20. The van der Waals surface area contributed by atoms with Gasteiger partial charge in [-0.25, -0.2) is 4.98 Å². The molecule has 0 aliphatic carbocycles. The summed E-state index contributed by atoms with van der Waals surface area (Å²) < 4.78 is 2.17. The third-order valence-corrected chi connectivity index (χ3v) is 2.76. The molecular weight excluding hydrogens is 222 g/mol. The Kier molecular flexibility index (Phi) is 3.95. The Hall–Kier alpha value is -1.87. The smallest absolute Gasteiger partial charge is 0.110 e. The molecule has 1 heterocycles. The van der Waals surface area contributed by atoms with Crippen molar-refractivity contribution in [1.82, 2.24) is 14.9 Å². The quantitative estimate of drug-likeness (QED) is 0.816. The van der Waals surface area contributed by atoms with Crippen LogP contribution in [0.1, 0.15) is 18.4 Å². The molecule has 3 nitrogen and oxygen atoms in total. The fraction of sp³-hybridized carbons (Fsp3) is 0.267. The molecule has 0 amide bonds. The summed E-state index contributed by atoms with van der Waals surface area (Å²) in [6, 6.07) is 10.3. The molecule has 0 saturated carbocycles. The molecule has 1 N–H and O–H groups in total. The molecule has 0 fully saturated rings. The highest BCUT2D eigenvalue weighted by Gasteiger charge is 2.07. The van der Waals surface area contributed by atoms with E-state index in [0.29, 0.717) is 0 Å². The fourth-order valence-corrected chi connectivity index (χ4v) is 1.95. The molecule has 2 aromatic rings. The predicted octanol–water partition coefficient (Wildman–Crippen LogP) is 2.85. The van der Waals surface area contributed by atoms with Gasteiger partial charge in [-0.2, -0.15) is 0 Å². The maximum Gasteiger partial charge on any atom is 0.110 e. The van der Waals surface area contributed by atoms with E-state index in [0.717, 1.165) is 30.2 Å². The van der Waals surface area contributed by atoms with Crippen LogP contribution in [0.2, 0.25) is 0 Å². The van der Waals surface area contributed by atoms with E-state index in [-0.39, 0.29) is 0 Å². The van der Waals surface area contributed by atoms with Gasteiger partial charge < -0.3 is 5.32 Å². The average molecular weight is 241 g/mol. The lowest BCUT2D eigenvalue weighted by atomic mass is 10.3. The number of imidazole rings is 1. The molecule has 0 aliphatic rings. The summed E-state index contributed by atoms with van der Waals surface area (Å²) in [4.78, 5) is 4.39. The molecule has 3 heteroatoms. The Labute approximate surface area is 108 Å². The monoisotopic (exact) mass is 241 g/mol. The van der Waals surface area contributed by atoms with Crippen molar-refractivity contribution in [3.8, 4) is 5.69 Å². The summed E-state index contributed by atoms with van der Waals surface area (Å²) in [6.45, 7) is 9.56. The Morgan fingerprint density at radius 3 is 2.72 bits per heavy atom.